The van der Waals surface area contributed by atoms with Crippen molar-refractivity contribution in [1.29, 1.82) is 0 Å². The molecule has 12 nitrogen and oxygen atoms in total. The maximum Gasteiger partial charge on any atom is 0.266 e. The van der Waals surface area contributed by atoms with Gasteiger partial charge in [0, 0.05) is 5.56 Å². The van der Waals surface area contributed by atoms with Gasteiger partial charge in [-0.3, -0.25) is 4.79 Å². The van der Waals surface area contributed by atoms with Crippen LogP contribution in [-0.4, -0.2) is 56.2 Å². The molecule has 3 aromatic carbocycles. The normalized spacial score (nSPS) is 11.2. The molecule has 0 aliphatic carbocycles. The summed E-state index contributed by atoms with van der Waals surface area (Å²) in [6.07, 6.45) is 1.90. The lowest BCUT2D eigenvalue weighted by Crippen LogP contribution is -2.36. The molecule has 5 aromatic rings. The lowest BCUT2D eigenvalue weighted by molar-refractivity contribution is 0.102. The van der Waals surface area contributed by atoms with E-state index in [1.54, 1.807) is 67.2 Å². The molecule has 0 spiro atoms. The number of hydrogen-bond acceptors (Lipinski definition) is 9. The number of nitrogens with one attached hydrogen (secondary N) is 1. The molecule has 0 aliphatic rings. The summed E-state index contributed by atoms with van der Waals surface area (Å²) in [5.41, 5.74) is 2.36. The number of carbonyl (C=O) groups excluding carboxylic acids is 1. The molecule has 0 radical (unpaired) electrons. The average Bonchev–Trinajstić information content (AvgIpc) is 3.40. The molecule has 2 heterocycles. The fourth-order valence-corrected chi connectivity index (χ4v) is 5.89. The first-order chi connectivity index (χ1) is 21.7. The minimum Gasteiger partial charge on any atom is -0.497 e. The van der Waals surface area contributed by atoms with Crippen molar-refractivity contribution in [2.45, 2.75) is 19.9 Å². The molecule has 45 heavy (non-hydrogen) atoms. The Hall–Kier alpha value is -5.30. The van der Waals surface area contributed by atoms with Crippen LogP contribution in [0, 0.1) is 0 Å². The number of amides is 1. The highest BCUT2D eigenvalue weighted by Crippen LogP contribution is 2.28. The number of fused-ring (bicyclic) bond motifs is 1. The largest absolute Gasteiger partial charge is 0.497 e. The van der Waals surface area contributed by atoms with Crippen LogP contribution in [0.4, 0.5) is 11.4 Å². The van der Waals surface area contributed by atoms with E-state index in [4.69, 9.17) is 19.0 Å². The van der Waals surface area contributed by atoms with Gasteiger partial charge in [0.05, 0.1) is 56.6 Å². The summed E-state index contributed by atoms with van der Waals surface area (Å²) in [6, 6.07) is 22.0. The van der Waals surface area contributed by atoms with Crippen molar-refractivity contribution < 1.29 is 32.3 Å². The number of benzene rings is 3. The number of ether oxygens (including phenoxy) is 3. The van der Waals surface area contributed by atoms with Gasteiger partial charge in [-0.15, -0.1) is 5.10 Å². The Bertz CT molecular complexity index is 1890. The molecule has 0 bridgehead atoms. The van der Waals surface area contributed by atoms with Crippen molar-refractivity contribution in [3.8, 4) is 23.1 Å². The zero-order valence-electron chi connectivity index (χ0n) is 25.3. The summed E-state index contributed by atoms with van der Waals surface area (Å²) in [4.78, 5) is 23.7. The number of anilines is 2. The van der Waals surface area contributed by atoms with Gasteiger partial charge in [0.2, 0.25) is 5.88 Å². The van der Waals surface area contributed by atoms with Crippen LogP contribution in [0.25, 0.3) is 11.0 Å². The number of rotatable bonds is 13. The predicted octanol–water partition coefficient (Wildman–Crippen LogP) is 5.30. The van der Waals surface area contributed by atoms with E-state index in [0.717, 1.165) is 15.8 Å². The van der Waals surface area contributed by atoms with Crippen LogP contribution in [0.5, 0.6) is 23.1 Å². The fourth-order valence-electron chi connectivity index (χ4n) is 4.57. The maximum atomic E-state index is 13.4. The second-order valence-electron chi connectivity index (χ2n) is 9.92. The van der Waals surface area contributed by atoms with Crippen molar-refractivity contribution in [3.63, 3.8) is 0 Å². The summed E-state index contributed by atoms with van der Waals surface area (Å²) < 4.78 is 44.9. The third-order valence-electron chi connectivity index (χ3n) is 6.78. The summed E-state index contributed by atoms with van der Waals surface area (Å²) in [5, 5.41) is 7.99. The van der Waals surface area contributed by atoms with Crippen molar-refractivity contribution in [2.24, 2.45) is 0 Å². The molecule has 13 heteroatoms. The van der Waals surface area contributed by atoms with Crippen molar-refractivity contribution in [3.05, 3.63) is 96.2 Å². The van der Waals surface area contributed by atoms with Gasteiger partial charge < -0.3 is 24.4 Å². The van der Waals surface area contributed by atoms with E-state index in [-0.39, 0.29) is 22.8 Å². The van der Waals surface area contributed by atoms with Gasteiger partial charge in [-0.2, -0.15) is 0 Å². The molecular formula is C32H33N5O7S. The number of methoxy groups -OCH3 is 3. The molecule has 5 rings (SSSR count). The van der Waals surface area contributed by atoms with Crippen LogP contribution < -0.4 is 28.8 Å². The quantitative estimate of drug-likeness (QED) is 0.172. The van der Waals surface area contributed by atoms with Gasteiger partial charge >= 0.3 is 0 Å². The Morgan fingerprint density at radius 1 is 0.889 bits per heavy atom. The number of pyridine rings is 1. The Balaban J connectivity index is 1.39. The molecule has 0 saturated carbocycles. The molecule has 1 N–H and O–H groups in total. The Kier molecular flexibility index (Phi) is 9.38. The van der Waals surface area contributed by atoms with E-state index < -0.39 is 15.9 Å². The van der Waals surface area contributed by atoms with E-state index >= 15 is 0 Å². The minimum absolute atomic E-state index is 0.154. The summed E-state index contributed by atoms with van der Waals surface area (Å²) in [6.45, 7) is 2.21. The predicted molar refractivity (Wildman–Crippen MR) is 171 cm³/mol. The number of nitrogens with zero attached hydrogens (tertiary/aromatic N) is 4. The van der Waals surface area contributed by atoms with Gasteiger partial charge in [-0.25, -0.2) is 18.1 Å². The van der Waals surface area contributed by atoms with Gasteiger partial charge in [0.15, 0.2) is 11.4 Å². The van der Waals surface area contributed by atoms with Gasteiger partial charge in [0.1, 0.15) is 11.5 Å². The van der Waals surface area contributed by atoms with E-state index in [1.165, 1.54) is 26.5 Å². The van der Waals surface area contributed by atoms with Crippen molar-refractivity contribution in [2.75, 3.05) is 36.9 Å². The first-order valence-corrected chi connectivity index (χ1v) is 15.7. The molecule has 0 unspecified atom stereocenters. The molecule has 234 valence electrons. The Morgan fingerprint density at radius 2 is 1.56 bits per heavy atom. The highest BCUT2D eigenvalue weighted by Gasteiger charge is 2.25. The molecule has 0 aliphatic heterocycles. The molecular weight excluding hydrogens is 598 g/mol. The zero-order valence-corrected chi connectivity index (χ0v) is 26.1. The second-order valence-corrected chi connectivity index (χ2v) is 11.8. The van der Waals surface area contributed by atoms with Crippen molar-refractivity contribution in [1.82, 2.24) is 14.8 Å². The number of hydrogen-bond donors (Lipinski definition) is 1. The monoisotopic (exact) mass is 631 g/mol. The van der Waals surface area contributed by atoms with Gasteiger partial charge in [0.25, 0.3) is 15.9 Å². The second kappa shape index (κ2) is 13.6. The van der Waals surface area contributed by atoms with Gasteiger partial charge in [-0.1, -0.05) is 29.6 Å². The SMILES string of the molecule is CCCS(=O)(=O)N(Oc1ccc(OC)cc1)c1cccc(C(=O)Nc2cnc3c(c2)c(OC)nn3Cc2ccc(OC)cc2)c1. The first-order valence-electron chi connectivity index (χ1n) is 14.0. The summed E-state index contributed by atoms with van der Waals surface area (Å²) in [5.74, 6) is 1.37. The Labute approximate surface area is 261 Å². The highest BCUT2D eigenvalue weighted by molar-refractivity contribution is 7.92. The standard InChI is InChI=1S/C32H33N5O7S/c1-5-17-45(39,40)37(44-28-15-13-27(42-3)14-16-28)25-8-6-7-23(18-25)31(38)34-24-19-29-30(33-20-24)36(35-32(29)43-4)21-22-9-11-26(41-2)12-10-22/h6-16,18-20H,5,17,21H2,1-4H3,(H,34,38). The maximum absolute atomic E-state index is 13.4. The fraction of sp³-hybridized carbons (Fsp3) is 0.219. The van der Waals surface area contributed by atoms with Crippen LogP contribution in [-0.2, 0) is 16.6 Å². The summed E-state index contributed by atoms with van der Waals surface area (Å²) in [7, 11) is 0.776. The number of aromatic nitrogens is 3. The number of sulfonamides is 1. The minimum atomic E-state index is -3.89. The molecule has 0 atom stereocenters. The highest BCUT2D eigenvalue weighted by atomic mass is 32.2. The van der Waals surface area contributed by atoms with E-state index in [2.05, 4.69) is 15.4 Å². The van der Waals surface area contributed by atoms with E-state index in [9.17, 15) is 13.2 Å². The zero-order chi connectivity index (χ0) is 32.0. The lowest BCUT2D eigenvalue weighted by atomic mass is 10.2. The first kappa shape index (κ1) is 31.1. The van der Waals surface area contributed by atoms with E-state index in [1.807, 2.05) is 24.3 Å². The Morgan fingerprint density at radius 3 is 2.20 bits per heavy atom. The van der Waals surface area contributed by atoms with Crippen LogP contribution in [0.3, 0.4) is 0 Å². The lowest BCUT2D eigenvalue weighted by Gasteiger charge is -2.24. The third kappa shape index (κ3) is 7.10. The van der Waals surface area contributed by atoms with Crippen LogP contribution in [0.1, 0.15) is 29.3 Å². The van der Waals surface area contributed by atoms with Crippen LogP contribution in [0.15, 0.2) is 85.1 Å². The van der Waals surface area contributed by atoms with E-state index in [0.29, 0.717) is 41.3 Å². The third-order valence-corrected chi connectivity index (χ3v) is 8.49. The molecule has 0 fully saturated rings. The smallest absolute Gasteiger partial charge is 0.266 e. The molecule has 1 amide bonds. The molecule has 2 aromatic heterocycles. The topological polar surface area (TPSA) is 134 Å². The van der Waals surface area contributed by atoms with Crippen LogP contribution >= 0.6 is 0 Å². The van der Waals surface area contributed by atoms with Crippen molar-refractivity contribution >= 4 is 38.3 Å². The van der Waals surface area contributed by atoms with Crippen LogP contribution in [0.2, 0.25) is 0 Å². The average molecular weight is 632 g/mol. The number of carbonyl (C=O) groups is 1. The van der Waals surface area contributed by atoms with Gasteiger partial charge in [-0.05, 0) is 72.6 Å². The molecule has 0 saturated heterocycles. The summed E-state index contributed by atoms with van der Waals surface area (Å²) >= 11 is 0.